The fourth-order valence-electron chi connectivity index (χ4n) is 2.44. The molecule has 104 valence electrons. The van der Waals surface area contributed by atoms with Crippen molar-refractivity contribution in [2.45, 2.75) is 33.6 Å². The first-order valence-corrected chi connectivity index (χ1v) is 6.84. The van der Waals surface area contributed by atoms with E-state index in [-0.39, 0.29) is 5.91 Å². The van der Waals surface area contributed by atoms with E-state index in [0.29, 0.717) is 22.6 Å². The Kier molecular flexibility index (Phi) is 3.80. The van der Waals surface area contributed by atoms with Crippen LogP contribution in [0.3, 0.4) is 0 Å². The van der Waals surface area contributed by atoms with Gasteiger partial charge in [0, 0.05) is 6.54 Å². The molecule has 1 aromatic rings. The molecule has 1 aromatic carbocycles. The first-order chi connectivity index (χ1) is 8.98. The number of rotatable bonds is 5. The molecule has 0 unspecified atom stereocenters. The van der Waals surface area contributed by atoms with Crippen LogP contribution in [0.25, 0.3) is 0 Å². The van der Waals surface area contributed by atoms with Crippen molar-refractivity contribution in [3.63, 3.8) is 0 Å². The zero-order valence-corrected chi connectivity index (χ0v) is 11.9. The number of hydrogen-bond donors (Lipinski definition) is 3. The first-order valence-electron chi connectivity index (χ1n) is 6.84. The summed E-state index contributed by atoms with van der Waals surface area (Å²) in [6, 6.07) is 5.63. The third kappa shape index (κ3) is 2.89. The van der Waals surface area contributed by atoms with Crippen LogP contribution < -0.4 is 16.6 Å². The molecule has 0 saturated heterocycles. The fourth-order valence-corrected chi connectivity index (χ4v) is 2.44. The van der Waals surface area contributed by atoms with Gasteiger partial charge >= 0.3 is 0 Å². The minimum Gasteiger partial charge on any atom is -0.351 e. The van der Waals surface area contributed by atoms with Crippen molar-refractivity contribution in [2.75, 3.05) is 12.0 Å². The second-order valence-corrected chi connectivity index (χ2v) is 5.89. The van der Waals surface area contributed by atoms with Gasteiger partial charge in [-0.15, -0.1) is 0 Å². The molecule has 0 bridgehead atoms. The van der Waals surface area contributed by atoms with E-state index in [1.54, 1.807) is 0 Å². The maximum Gasteiger partial charge on any atom is 0.253 e. The summed E-state index contributed by atoms with van der Waals surface area (Å²) in [6.07, 6.45) is 2.42. The molecule has 0 radical (unpaired) electrons. The quantitative estimate of drug-likeness (QED) is 0.563. The minimum absolute atomic E-state index is 0.0522. The number of nitrogens with one attached hydrogen (secondary N) is 2. The molecule has 19 heavy (non-hydrogen) atoms. The molecule has 1 saturated carbocycles. The molecule has 4 N–H and O–H groups in total. The predicted octanol–water partition coefficient (Wildman–Crippen LogP) is 2.45. The topological polar surface area (TPSA) is 67.1 Å². The molecule has 2 rings (SSSR count). The van der Waals surface area contributed by atoms with Gasteiger partial charge in [0.25, 0.3) is 5.91 Å². The molecule has 0 aromatic heterocycles. The van der Waals surface area contributed by atoms with Crippen LogP contribution in [-0.2, 0) is 0 Å². The lowest BCUT2D eigenvalue weighted by molar-refractivity contribution is 0.0940. The standard InChI is InChI=1S/C15H23N3O/c1-10(2)15(6-7-15)9-17-14(19)12-8-11(3)4-5-13(12)18-16/h4-5,8,10,18H,6-7,9,16H2,1-3H3,(H,17,19). The number of carbonyl (C=O) groups excluding carboxylic acids is 1. The highest BCUT2D eigenvalue weighted by Crippen LogP contribution is 2.51. The fraction of sp³-hybridized carbons (Fsp3) is 0.533. The van der Waals surface area contributed by atoms with Crippen LogP contribution in [0.1, 0.15) is 42.6 Å². The van der Waals surface area contributed by atoms with Crippen molar-refractivity contribution in [2.24, 2.45) is 17.2 Å². The van der Waals surface area contributed by atoms with Gasteiger partial charge in [0.05, 0.1) is 11.3 Å². The molecule has 1 fully saturated rings. The Balaban J connectivity index is 2.06. The Morgan fingerprint density at radius 3 is 2.63 bits per heavy atom. The zero-order chi connectivity index (χ0) is 14.0. The lowest BCUT2D eigenvalue weighted by Gasteiger charge is -2.20. The monoisotopic (exact) mass is 261 g/mol. The largest absolute Gasteiger partial charge is 0.351 e. The van der Waals surface area contributed by atoms with Gasteiger partial charge < -0.3 is 10.7 Å². The van der Waals surface area contributed by atoms with Gasteiger partial charge in [-0.25, -0.2) is 0 Å². The van der Waals surface area contributed by atoms with E-state index in [1.165, 1.54) is 12.8 Å². The average Bonchev–Trinajstić information content (AvgIpc) is 3.17. The molecule has 0 spiro atoms. The van der Waals surface area contributed by atoms with Crippen LogP contribution in [0, 0.1) is 18.3 Å². The molecule has 4 heteroatoms. The predicted molar refractivity (Wildman–Crippen MR) is 77.8 cm³/mol. The molecule has 1 amide bonds. The Morgan fingerprint density at radius 2 is 2.11 bits per heavy atom. The number of anilines is 1. The summed E-state index contributed by atoms with van der Waals surface area (Å²) in [5.41, 5.74) is 5.22. The highest BCUT2D eigenvalue weighted by atomic mass is 16.1. The van der Waals surface area contributed by atoms with Crippen LogP contribution in [0.5, 0.6) is 0 Å². The third-order valence-electron chi connectivity index (χ3n) is 4.29. The van der Waals surface area contributed by atoms with E-state index in [2.05, 4.69) is 24.6 Å². The molecular formula is C15H23N3O. The highest BCUT2D eigenvalue weighted by molar-refractivity contribution is 5.99. The van der Waals surface area contributed by atoms with Crippen molar-refractivity contribution < 1.29 is 4.79 Å². The Labute approximate surface area is 114 Å². The van der Waals surface area contributed by atoms with Crippen LogP contribution in [0.15, 0.2) is 18.2 Å². The lowest BCUT2D eigenvalue weighted by Crippen LogP contribution is -2.33. The molecule has 1 aliphatic carbocycles. The van der Waals surface area contributed by atoms with Crippen molar-refractivity contribution >= 4 is 11.6 Å². The molecule has 0 heterocycles. The highest BCUT2D eigenvalue weighted by Gasteiger charge is 2.45. The van der Waals surface area contributed by atoms with Crippen molar-refractivity contribution in [1.29, 1.82) is 0 Å². The normalized spacial score (nSPS) is 16.3. The van der Waals surface area contributed by atoms with Crippen molar-refractivity contribution in [1.82, 2.24) is 5.32 Å². The maximum atomic E-state index is 12.3. The van der Waals surface area contributed by atoms with E-state index in [1.807, 2.05) is 25.1 Å². The zero-order valence-electron chi connectivity index (χ0n) is 11.9. The van der Waals surface area contributed by atoms with E-state index in [9.17, 15) is 4.79 Å². The number of nitrogen functional groups attached to an aromatic ring is 1. The second-order valence-electron chi connectivity index (χ2n) is 5.89. The summed E-state index contributed by atoms with van der Waals surface area (Å²) in [4.78, 5) is 12.3. The number of aryl methyl sites for hydroxylation is 1. The first kappa shape index (κ1) is 13.9. The lowest BCUT2D eigenvalue weighted by atomic mass is 9.92. The maximum absolute atomic E-state index is 12.3. The molecule has 0 atom stereocenters. The molecule has 1 aliphatic rings. The van der Waals surface area contributed by atoms with Crippen LogP contribution in [-0.4, -0.2) is 12.5 Å². The molecule has 4 nitrogen and oxygen atoms in total. The van der Waals surface area contributed by atoms with Gasteiger partial charge in [0.15, 0.2) is 0 Å². The number of carbonyl (C=O) groups is 1. The van der Waals surface area contributed by atoms with E-state index < -0.39 is 0 Å². The Hall–Kier alpha value is -1.55. The summed E-state index contributed by atoms with van der Waals surface area (Å²) < 4.78 is 0. The van der Waals surface area contributed by atoms with Gasteiger partial charge in [-0.1, -0.05) is 25.5 Å². The van der Waals surface area contributed by atoms with E-state index in [4.69, 9.17) is 5.84 Å². The van der Waals surface area contributed by atoms with Crippen molar-refractivity contribution in [3.8, 4) is 0 Å². The second kappa shape index (κ2) is 5.21. The summed E-state index contributed by atoms with van der Waals surface area (Å²) in [5, 5.41) is 3.05. The SMILES string of the molecule is Cc1ccc(NN)c(C(=O)NCC2(C(C)C)CC2)c1. The van der Waals surface area contributed by atoms with Crippen LogP contribution in [0.4, 0.5) is 5.69 Å². The van der Waals surface area contributed by atoms with E-state index >= 15 is 0 Å². The third-order valence-corrected chi connectivity index (χ3v) is 4.29. The summed E-state index contributed by atoms with van der Waals surface area (Å²) in [7, 11) is 0. The molecule has 0 aliphatic heterocycles. The number of nitrogens with two attached hydrogens (primary N) is 1. The van der Waals surface area contributed by atoms with Crippen LogP contribution in [0.2, 0.25) is 0 Å². The number of hydrazine groups is 1. The summed E-state index contributed by atoms with van der Waals surface area (Å²) in [5.74, 6) is 6.01. The van der Waals surface area contributed by atoms with E-state index in [0.717, 1.165) is 12.1 Å². The molecular weight excluding hydrogens is 238 g/mol. The minimum atomic E-state index is -0.0522. The summed E-state index contributed by atoms with van der Waals surface area (Å²) in [6.45, 7) is 7.16. The van der Waals surface area contributed by atoms with Crippen molar-refractivity contribution in [3.05, 3.63) is 29.3 Å². The summed E-state index contributed by atoms with van der Waals surface area (Å²) >= 11 is 0. The number of hydrogen-bond acceptors (Lipinski definition) is 3. The number of amides is 1. The van der Waals surface area contributed by atoms with Gasteiger partial charge in [-0.3, -0.25) is 10.6 Å². The van der Waals surface area contributed by atoms with Gasteiger partial charge in [-0.2, -0.15) is 0 Å². The van der Waals surface area contributed by atoms with Gasteiger partial charge in [0.1, 0.15) is 0 Å². The van der Waals surface area contributed by atoms with Crippen LogP contribution >= 0.6 is 0 Å². The smallest absolute Gasteiger partial charge is 0.253 e. The van der Waals surface area contributed by atoms with Gasteiger partial charge in [0.2, 0.25) is 0 Å². The average molecular weight is 261 g/mol. The Bertz CT molecular complexity index is 478. The van der Waals surface area contributed by atoms with Gasteiger partial charge in [-0.05, 0) is 43.2 Å². The number of benzene rings is 1. The Morgan fingerprint density at radius 1 is 1.42 bits per heavy atom.